The van der Waals surface area contributed by atoms with Gasteiger partial charge in [0.1, 0.15) is 0 Å². The van der Waals surface area contributed by atoms with Crippen LogP contribution in [0.15, 0.2) is 0 Å². The van der Waals surface area contributed by atoms with Gasteiger partial charge in [-0.1, -0.05) is 13.8 Å². The lowest BCUT2D eigenvalue weighted by Gasteiger charge is -2.46. The van der Waals surface area contributed by atoms with Gasteiger partial charge in [-0.3, -0.25) is 4.90 Å². The Balaban J connectivity index is 2.67. The molecule has 1 heterocycles. The molecule has 1 fully saturated rings. The smallest absolute Gasteiger partial charge is 0.0625 e. The summed E-state index contributed by atoms with van der Waals surface area (Å²) in [5.41, 5.74) is 0.277. The van der Waals surface area contributed by atoms with Crippen LogP contribution in [0.25, 0.3) is 0 Å². The van der Waals surface area contributed by atoms with E-state index < -0.39 is 0 Å². The second-order valence-corrected chi connectivity index (χ2v) is 5.25. The maximum Gasteiger partial charge on any atom is 0.0625 e. The molecule has 0 unspecified atom stereocenters. The van der Waals surface area contributed by atoms with Gasteiger partial charge < -0.3 is 4.74 Å². The molecule has 78 valence electrons. The molecule has 1 saturated heterocycles. The SMILES string of the molecule is CC(C)[C@@H]1COCCN1C(C)(C)C. The first-order chi connectivity index (χ1) is 5.93. The van der Waals surface area contributed by atoms with Crippen molar-refractivity contribution in [3.63, 3.8) is 0 Å². The predicted octanol–water partition coefficient (Wildman–Crippen LogP) is 2.14. The maximum absolute atomic E-state index is 5.53. The third-order valence-electron chi connectivity index (χ3n) is 2.80. The van der Waals surface area contributed by atoms with Crippen LogP contribution in [0.1, 0.15) is 34.6 Å². The van der Waals surface area contributed by atoms with E-state index in [-0.39, 0.29) is 5.54 Å². The van der Waals surface area contributed by atoms with E-state index >= 15 is 0 Å². The van der Waals surface area contributed by atoms with E-state index in [9.17, 15) is 0 Å². The van der Waals surface area contributed by atoms with Gasteiger partial charge in [0.25, 0.3) is 0 Å². The topological polar surface area (TPSA) is 12.5 Å². The zero-order chi connectivity index (χ0) is 10.1. The molecule has 0 N–H and O–H groups in total. The number of ether oxygens (including phenoxy) is 1. The lowest BCUT2D eigenvalue weighted by Crippen LogP contribution is -2.56. The lowest BCUT2D eigenvalue weighted by atomic mass is 9.95. The highest BCUT2D eigenvalue weighted by molar-refractivity contribution is 4.86. The van der Waals surface area contributed by atoms with Crippen LogP contribution in [-0.2, 0) is 4.74 Å². The summed E-state index contributed by atoms with van der Waals surface area (Å²) in [6.07, 6.45) is 0. The number of morpholine rings is 1. The average molecular weight is 185 g/mol. The van der Waals surface area contributed by atoms with Crippen molar-refractivity contribution < 1.29 is 4.74 Å². The van der Waals surface area contributed by atoms with Crippen molar-refractivity contribution in [3.05, 3.63) is 0 Å². The molecular weight excluding hydrogens is 162 g/mol. The molecule has 0 bridgehead atoms. The monoisotopic (exact) mass is 185 g/mol. The zero-order valence-electron chi connectivity index (χ0n) is 9.63. The highest BCUT2D eigenvalue weighted by atomic mass is 16.5. The van der Waals surface area contributed by atoms with Gasteiger partial charge in [-0.15, -0.1) is 0 Å². The fourth-order valence-corrected chi connectivity index (χ4v) is 2.01. The molecule has 0 radical (unpaired) electrons. The Morgan fingerprint density at radius 1 is 1.31 bits per heavy atom. The van der Waals surface area contributed by atoms with Gasteiger partial charge in [0.05, 0.1) is 13.2 Å². The van der Waals surface area contributed by atoms with Gasteiger partial charge in [0.2, 0.25) is 0 Å². The molecular formula is C11H23NO. The van der Waals surface area contributed by atoms with Crippen molar-refractivity contribution in [2.75, 3.05) is 19.8 Å². The van der Waals surface area contributed by atoms with E-state index in [1.807, 2.05) is 0 Å². The molecule has 0 amide bonds. The highest BCUT2D eigenvalue weighted by Crippen LogP contribution is 2.24. The van der Waals surface area contributed by atoms with Gasteiger partial charge >= 0.3 is 0 Å². The van der Waals surface area contributed by atoms with Gasteiger partial charge in [0, 0.05) is 18.1 Å². The van der Waals surface area contributed by atoms with E-state index in [2.05, 4.69) is 39.5 Å². The molecule has 1 atom stereocenters. The standard InChI is InChI=1S/C11H23NO/c1-9(2)10-8-13-7-6-12(10)11(3,4)5/h9-10H,6-8H2,1-5H3/t10-/m0/s1. The summed E-state index contributed by atoms with van der Waals surface area (Å²) in [5.74, 6) is 0.680. The predicted molar refractivity (Wildman–Crippen MR) is 55.9 cm³/mol. The Hall–Kier alpha value is -0.0800. The first-order valence-electron chi connectivity index (χ1n) is 5.27. The van der Waals surface area contributed by atoms with Gasteiger partial charge in [-0.25, -0.2) is 0 Å². The molecule has 13 heavy (non-hydrogen) atoms. The first-order valence-corrected chi connectivity index (χ1v) is 5.27. The number of hydrogen-bond acceptors (Lipinski definition) is 2. The maximum atomic E-state index is 5.53. The zero-order valence-corrected chi connectivity index (χ0v) is 9.63. The van der Waals surface area contributed by atoms with Crippen molar-refractivity contribution in [1.82, 2.24) is 4.90 Å². The number of nitrogens with zero attached hydrogens (tertiary/aromatic N) is 1. The Labute approximate surface area is 82.3 Å². The molecule has 0 aromatic rings. The third-order valence-corrected chi connectivity index (χ3v) is 2.80. The molecule has 2 nitrogen and oxygen atoms in total. The second-order valence-electron chi connectivity index (χ2n) is 5.25. The van der Waals surface area contributed by atoms with E-state index in [1.165, 1.54) is 0 Å². The fraction of sp³-hybridized carbons (Fsp3) is 1.00. The summed E-state index contributed by atoms with van der Waals surface area (Å²) >= 11 is 0. The highest BCUT2D eigenvalue weighted by Gasteiger charge is 2.32. The molecule has 0 aromatic carbocycles. The third kappa shape index (κ3) is 2.68. The Kier molecular flexibility index (Phi) is 3.36. The molecule has 0 saturated carbocycles. The Morgan fingerprint density at radius 2 is 1.92 bits per heavy atom. The molecule has 1 aliphatic rings. The van der Waals surface area contributed by atoms with Gasteiger partial charge in [-0.2, -0.15) is 0 Å². The van der Waals surface area contributed by atoms with Crippen LogP contribution in [0.2, 0.25) is 0 Å². The van der Waals surface area contributed by atoms with E-state index in [1.54, 1.807) is 0 Å². The van der Waals surface area contributed by atoms with Gasteiger partial charge in [-0.05, 0) is 26.7 Å². The molecule has 0 spiro atoms. The quantitative estimate of drug-likeness (QED) is 0.620. The Morgan fingerprint density at radius 3 is 2.31 bits per heavy atom. The van der Waals surface area contributed by atoms with Crippen LogP contribution in [0.4, 0.5) is 0 Å². The van der Waals surface area contributed by atoms with Crippen molar-refractivity contribution in [3.8, 4) is 0 Å². The van der Waals surface area contributed by atoms with Crippen LogP contribution < -0.4 is 0 Å². The van der Waals surface area contributed by atoms with Crippen LogP contribution >= 0.6 is 0 Å². The molecule has 0 aliphatic carbocycles. The normalized spacial score (nSPS) is 26.8. The summed E-state index contributed by atoms with van der Waals surface area (Å²) < 4.78 is 5.53. The minimum atomic E-state index is 0.277. The average Bonchev–Trinajstić information content (AvgIpc) is 2.03. The second kappa shape index (κ2) is 3.97. The van der Waals surface area contributed by atoms with Crippen molar-refractivity contribution in [1.29, 1.82) is 0 Å². The largest absolute Gasteiger partial charge is 0.378 e. The van der Waals surface area contributed by atoms with Crippen molar-refractivity contribution >= 4 is 0 Å². The molecule has 0 aromatic heterocycles. The summed E-state index contributed by atoms with van der Waals surface area (Å²) in [4.78, 5) is 2.57. The number of hydrogen-bond donors (Lipinski definition) is 0. The van der Waals surface area contributed by atoms with E-state index in [4.69, 9.17) is 4.74 Å². The van der Waals surface area contributed by atoms with E-state index in [0.29, 0.717) is 12.0 Å². The van der Waals surface area contributed by atoms with Crippen LogP contribution in [0.5, 0.6) is 0 Å². The number of rotatable bonds is 1. The first kappa shape index (κ1) is 11.0. The van der Waals surface area contributed by atoms with Gasteiger partial charge in [0.15, 0.2) is 0 Å². The molecule has 2 heteroatoms. The minimum Gasteiger partial charge on any atom is -0.378 e. The van der Waals surface area contributed by atoms with E-state index in [0.717, 1.165) is 19.8 Å². The summed E-state index contributed by atoms with van der Waals surface area (Å²) in [7, 11) is 0. The van der Waals surface area contributed by atoms with Crippen LogP contribution in [0.3, 0.4) is 0 Å². The van der Waals surface area contributed by atoms with Crippen molar-refractivity contribution in [2.24, 2.45) is 5.92 Å². The summed E-state index contributed by atoms with van der Waals surface area (Å²) in [5, 5.41) is 0. The molecule has 1 aliphatic heterocycles. The minimum absolute atomic E-state index is 0.277. The fourth-order valence-electron chi connectivity index (χ4n) is 2.01. The van der Waals surface area contributed by atoms with Crippen molar-refractivity contribution in [2.45, 2.75) is 46.2 Å². The summed E-state index contributed by atoms with van der Waals surface area (Å²) in [6, 6.07) is 0.591. The molecule has 1 rings (SSSR count). The Bertz CT molecular complexity index is 160. The lowest BCUT2D eigenvalue weighted by molar-refractivity contribution is -0.0645. The van der Waals surface area contributed by atoms with Crippen LogP contribution in [-0.4, -0.2) is 36.2 Å². The summed E-state index contributed by atoms with van der Waals surface area (Å²) in [6.45, 7) is 14.3. The van der Waals surface area contributed by atoms with Crippen LogP contribution in [0, 0.1) is 5.92 Å².